The smallest absolute Gasteiger partial charge is 0.0535 e. The van der Waals surface area contributed by atoms with Crippen LogP contribution in [0.25, 0.3) is 49.4 Å². The summed E-state index contributed by atoms with van der Waals surface area (Å²) in [4.78, 5) is 0. The molecule has 4 aromatic carbocycles. The molecule has 0 amide bonds. The van der Waals surface area contributed by atoms with Gasteiger partial charge in [0.1, 0.15) is 0 Å². The second-order valence-electron chi connectivity index (χ2n) is 9.01. The van der Waals surface area contributed by atoms with Gasteiger partial charge in [-0.1, -0.05) is 48.5 Å². The van der Waals surface area contributed by atoms with Crippen molar-refractivity contribution in [3.05, 3.63) is 113 Å². The number of rotatable bonds is 0. The second kappa shape index (κ2) is 5.44. The number of pyridine rings is 1. The molecule has 2 aliphatic carbocycles. The molecule has 0 aliphatic heterocycles. The molecule has 1 heteroatoms. The maximum atomic E-state index is 2.47. The van der Waals surface area contributed by atoms with E-state index in [4.69, 9.17) is 0 Å². The van der Waals surface area contributed by atoms with Crippen LogP contribution >= 0.6 is 0 Å². The molecule has 0 spiro atoms. The fourth-order valence-electron chi connectivity index (χ4n) is 6.04. The van der Waals surface area contributed by atoms with E-state index >= 15 is 0 Å². The molecule has 0 atom stereocenters. The first-order valence-corrected chi connectivity index (χ1v) is 11.0. The van der Waals surface area contributed by atoms with Gasteiger partial charge in [-0.3, -0.25) is 0 Å². The standard InChI is InChI=1S/C30H19N/c1-2-7-22-18(6-1)12-19-13-20-14-21-15-28-27(17-26(21)25(20)16-24(19)22)23-8-3-4-9-29(23)31-11-5-10-30(28)31/h1-11,13,15-17H,12,14H2. The van der Waals surface area contributed by atoms with Crippen LogP contribution in [0, 0.1) is 0 Å². The van der Waals surface area contributed by atoms with E-state index in [0.29, 0.717) is 0 Å². The van der Waals surface area contributed by atoms with Crippen molar-refractivity contribution in [2.24, 2.45) is 0 Å². The summed E-state index contributed by atoms with van der Waals surface area (Å²) in [6, 6.07) is 31.9. The Morgan fingerprint density at radius 3 is 2.10 bits per heavy atom. The third-order valence-corrected chi connectivity index (χ3v) is 7.41. The summed E-state index contributed by atoms with van der Waals surface area (Å²) in [6.07, 6.45) is 4.28. The molecule has 6 aromatic rings. The van der Waals surface area contributed by atoms with Gasteiger partial charge in [0.05, 0.1) is 11.0 Å². The normalized spacial score (nSPS) is 13.5. The molecule has 2 aliphatic rings. The van der Waals surface area contributed by atoms with E-state index in [0.717, 1.165) is 12.8 Å². The van der Waals surface area contributed by atoms with Gasteiger partial charge in [-0.25, -0.2) is 0 Å². The molecule has 1 nitrogen and oxygen atoms in total. The maximum Gasteiger partial charge on any atom is 0.0535 e. The van der Waals surface area contributed by atoms with Crippen molar-refractivity contribution >= 4 is 27.2 Å². The number of hydrogen-bond donors (Lipinski definition) is 0. The molecule has 0 saturated heterocycles. The zero-order valence-electron chi connectivity index (χ0n) is 17.0. The average Bonchev–Trinajstić information content (AvgIpc) is 3.51. The molecule has 8 rings (SSSR count). The highest BCUT2D eigenvalue weighted by atomic mass is 14.9. The Morgan fingerprint density at radius 2 is 1.13 bits per heavy atom. The molecule has 0 radical (unpaired) electrons. The molecule has 0 unspecified atom stereocenters. The first kappa shape index (κ1) is 15.9. The summed E-state index contributed by atoms with van der Waals surface area (Å²) in [5.74, 6) is 0. The molecular weight excluding hydrogens is 374 g/mol. The van der Waals surface area contributed by atoms with Gasteiger partial charge >= 0.3 is 0 Å². The Hall–Kier alpha value is -3.84. The summed E-state index contributed by atoms with van der Waals surface area (Å²) < 4.78 is 2.33. The highest BCUT2D eigenvalue weighted by Gasteiger charge is 2.26. The van der Waals surface area contributed by atoms with Crippen LogP contribution in [-0.2, 0) is 12.8 Å². The lowest BCUT2D eigenvalue weighted by Crippen LogP contribution is -1.91. The van der Waals surface area contributed by atoms with Gasteiger partial charge < -0.3 is 4.40 Å². The number of benzene rings is 4. The van der Waals surface area contributed by atoms with Gasteiger partial charge in [0.2, 0.25) is 0 Å². The molecule has 31 heavy (non-hydrogen) atoms. The van der Waals surface area contributed by atoms with E-state index in [1.807, 2.05) is 0 Å². The van der Waals surface area contributed by atoms with Crippen molar-refractivity contribution in [2.75, 3.05) is 0 Å². The number of hydrogen-bond acceptors (Lipinski definition) is 0. The maximum absolute atomic E-state index is 2.47. The van der Waals surface area contributed by atoms with Crippen LogP contribution in [0.1, 0.15) is 22.3 Å². The minimum atomic E-state index is 1.03. The fraction of sp³-hybridized carbons (Fsp3) is 0.0667. The van der Waals surface area contributed by atoms with Gasteiger partial charge in [-0.05, 0) is 99.1 Å². The quantitative estimate of drug-likeness (QED) is 0.237. The minimum absolute atomic E-state index is 1.03. The number of nitrogens with zero attached hydrogens (tertiary/aromatic N) is 1. The van der Waals surface area contributed by atoms with E-state index < -0.39 is 0 Å². The topological polar surface area (TPSA) is 4.41 Å². The van der Waals surface area contributed by atoms with Crippen molar-refractivity contribution < 1.29 is 0 Å². The van der Waals surface area contributed by atoms with Crippen LogP contribution < -0.4 is 0 Å². The van der Waals surface area contributed by atoms with Crippen molar-refractivity contribution in [2.45, 2.75) is 12.8 Å². The van der Waals surface area contributed by atoms with Crippen LogP contribution in [0.15, 0.2) is 91.1 Å². The molecule has 0 fully saturated rings. The van der Waals surface area contributed by atoms with Crippen LogP contribution in [-0.4, -0.2) is 4.40 Å². The first-order valence-electron chi connectivity index (χ1n) is 11.0. The molecule has 0 N–H and O–H groups in total. The Labute approximate surface area is 180 Å². The average molecular weight is 393 g/mol. The van der Waals surface area contributed by atoms with Crippen molar-refractivity contribution in [1.29, 1.82) is 0 Å². The molecule has 2 aromatic heterocycles. The summed E-state index contributed by atoms with van der Waals surface area (Å²) >= 11 is 0. The monoisotopic (exact) mass is 393 g/mol. The second-order valence-corrected chi connectivity index (χ2v) is 9.01. The van der Waals surface area contributed by atoms with Gasteiger partial charge in [0.25, 0.3) is 0 Å². The van der Waals surface area contributed by atoms with E-state index in [2.05, 4.69) is 95.5 Å². The Balaban J connectivity index is 1.45. The zero-order valence-corrected chi connectivity index (χ0v) is 17.0. The molecular formula is C30H19N. The molecule has 2 heterocycles. The fourth-order valence-corrected chi connectivity index (χ4v) is 6.04. The van der Waals surface area contributed by atoms with E-state index in [1.165, 1.54) is 71.7 Å². The van der Waals surface area contributed by atoms with Crippen molar-refractivity contribution in [1.82, 2.24) is 4.40 Å². The van der Waals surface area contributed by atoms with E-state index in [-0.39, 0.29) is 0 Å². The molecule has 0 bridgehead atoms. The highest BCUT2D eigenvalue weighted by Crippen LogP contribution is 2.46. The highest BCUT2D eigenvalue weighted by molar-refractivity contribution is 6.14. The zero-order chi connectivity index (χ0) is 20.1. The van der Waals surface area contributed by atoms with Crippen LogP contribution in [0.5, 0.6) is 0 Å². The number of aromatic nitrogens is 1. The van der Waals surface area contributed by atoms with Crippen LogP contribution in [0.2, 0.25) is 0 Å². The van der Waals surface area contributed by atoms with E-state index in [9.17, 15) is 0 Å². The lowest BCUT2D eigenvalue weighted by Gasteiger charge is -2.12. The van der Waals surface area contributed by atoms with Gasteiger partial charge in [0, 0.05) is 17.0 Å². The largest absolute Gasteiger partial charge is 0.316 e. The van der Waals surface area contributed by atoms with Crippen molar-refractivity contribution in [3.8, 4) is 22.3 Å². The Bertz CT molecular complexity index is 1730. The van der Waals surface area contributed by atoms with Gasteiger partial charge in [0.15, 0.2) is 0 Å². The number of para-hydroxylation sites is 1. The first-order chi connectivity index (χ1) is 15.3. The van der Waals surface area contributed by atoms with E-state index in [1.54, 1.807) is 0 Å². The van der Waals surface area contributed by atoms with Gasteiger partial charge in [-0.2, -0.15) is 0 Å². The summed E-state index contributed by atoms with van der Waals surface area (Å²) in [5.41, 5.74) is 14.1. The van der Waals surface area contributed by atoms with Crippen molar-refractivity contribution in [3.63, 3.8) is 0 Å². The molecule has 0 saturated carbocycles. The molecule has 144 valence electrons. The lowest BCUT2D eigenvalue weighted by molar-refractivity contribution is 1.21. The van der Waals surface area contributed by atoms with Crippen LogP contribution in [0.3, 0.4) is 0 Å². The predicted octanol–water partition coefficient (Wildman–Crippen LogP) is 7.39. The van der Waals surface area contributed by atoms with Gasteiger partial charge in [-0.15, -0.1) is 0 Å². The minimum Gasteiger partial charge on any atom is -0.316 e. The third-order valence-electron chi connectivity index (χ3n) is 7.41. The third kappa shape index (κ3) is 1.96. The Kier molecular flexibility index (Phi) is 2.80. The Morgan fingerprint density at radius 1 is 0.452 bits per heavy atom. The number of fused-ring (bicyclic) bond motifs is 12. The SMILES string of the molecule is c1ccc2c(c1)Cc1cc3c(cc1-2)-c1cc2c4ccccc4n4cccc4c2cc1C3. The summed E-state index contributed by atoms with van der Waals surface area (Å²) in [6.45, 7) is 0. The predicted molar refractivity (Wildman–Crippen MR) is 129 cm³/mol. The lowest BCUT2D eigenvalue weighted by atomic mass is 9.95. The summed E-state index contributed by atoms with van der Waals surface area (Å²) in [5, 5.41) is 4.03. The summed E-state index contributed by atoms with van der Waals surface area (Å²) in [7, 11) is 0. The van der Waals surface area contributed by atoms with Crippen LogP contribution in [0.4, 0.5) is 0 Å².